The van der Waals surface area contributed by atoms with Gasteiger partial charge in [0.2, 0.25) is 0 Å². The molecular weight excluding hydrogens is 210 g/mol. The molecule has 0 atom stereocenters. The lowest BCUT2D eigenvalue weighted by molar-refractivity contribution is 0.0680. The number of benzene rings is 1. The summed E-state index contributed by atoms with van der Waals surface area (Å²) >= 11 is 0. The molecule has 0 aliphatic carbocycles. The third-order valence-corrected chi connectivity index (χ3v) is 2.05. The number of carboxylic acids is 1. The van der Waals surface area contributed by atoms with Crippen LogP contribution >= 0.6 is 0 Å². The highest BCUT2D eigenvalue weighted by atomic mass is 16.5. The van der Waals surface area contributed by atoms with E-state index in [-0.39, 0.29) is 11.7 Å². The van der Waals surface area contributed by atoms with Crippen LogP contribution in [0.3, 0.4) is 0 Å². The van der Waals surface area contributed by atoms with Crippen molar-refractivity contribution in [3.63, 3.8) is 0 Å². The molecule has 1 aromatic heterocycles. The van der Waals surface area contributed by atoms with Gasteiger partial charge in [-0.3, -0.25) is 0 Å². The lowest BCUT2D eigenvalue weighted by atomic mass is 10.1. The van der Waals surface area contributed by atoms with Crippen molar-refractivity contribution in [2.24, 2.45) is 5.73 Å². The van der Waals surface area contributed by atoms with E-state index in [9.17, 15) is 4.79 Å². The summed E-state index contributed by atoms with van der Waals surface area (Å²) in [5.74, 6) is -1.38. The maximum absolute atomic E-state index is 10.5. The summed E-state index contributed by atoms with van der Waals surface area (Å²) in [6.07, 6.45) is 0. The number of aromatic carboxylic acids is 1. The number of hydrogen-bond donors (Lipinski definition) is 2. The van der Waals surface area contributed by atoms with Crippen molar-refractivity contribution >= 4 is 5.97 Å². The second-order valence-corrected chi connectivity index (χ2v) is 3.13. The van der Waals surface area contributed by atoms with Crippen molar-refractivity contribution < 1.29 is 14.4 Å². The van der Waals surface area contributed by atoms with Gasteiger partial charge in [0, 0.05) is 12.1 Å². The summed E-state index contributed by atoms with van der Waals surface area (Å²) in [5, 5.41) is 12.0. The molecule has 0 saturated heterocycles. The fourth-order valence-corrected chi connectivity index (χ4v) is 1.21. The van der Waals surface area contributed by atoms with Gasteiger partial charge in [-0.15, -0.1) is 0 Å². The zero-order chi connectivity index (χ0) is 11.5. The van der Waals surface area contributed by atoms with Crippen molar-refractivity contribution in [1.29, 1.82) is 0 Å². The summed E-state index contributed by atoms with van der Waals surface area (Å²) in [6, 6.07) is 7.14. The predicted molar refractivity (Wildman–Crippen MR) is 54.6 cm³/mol. The molecular formula is C10H9N3O3. The van der Waals surface area contributed by atoms with Crippen LogP contribution in [0, 0.1) is 0 Å². The number of carboxylic acid groups (broad SMARTS) is 1. The molecule has 1 aromatic carbocycles. The number of nitrogens with zero attached hydrogens (tertiary/aromatic N) is 2. The Morgan fingerprint density at radius 3 is 2.56 bits per heavy atom. The van der Waals surface area contributed by atoms with Gasteiger partial charge in [-0.25, -0.2) is 4.79 Å². The van der Waals surface area contributed by atoms with Crippen molar-refractivity contribution in [3.05, 3.63) is 35.7 Å². The summed E-state index contributed by atoms with van der Waals surface area (Å²) in [5.41, 5.74) is 7.09. The molecule has 0 unspecified atom stereocenters. The second-order valence-electron chi connectivity index (χ2n) is 3.13. The Labute approximate surface area is 90.7 Å². The maximum atomic E-state index is 10.5. The van der Waals surface area contributed by atoms with Crippen LogP contribution in [0.4, 0.5) is 0 Å². The number of aromatic nitrogens is 2. The highest BCUT2D eigenvalue weighted by Gasteiger charge is 2.13. The number of hydrogen-bond acceptors (Lipinski definition) is 5. The largest absolute Gasteiger partial charge is 0.475 e. The Morgan fingerprint density at radius 2 is 2.06 bits per heavy atom. The number of nitrogens with two attached hydrogens (primary N) is 1. The lowest BCUT2D eigenvalue weighted by Crippen LogP contribution is -1.98. The smallest absolute Gasteiger partial charge is 0.377 e. The van der Waals surface area contributed by atoms with E-state index in [1.807, 2.05) is 12.1 Å². The van der Waals surface area contributed by atoms with E-state index < -0.39 is 5.97 Å². The number of rotatable bonds is 3. The summed E-state index contributed by atoms with van der Waals surface area (Å²) in [7, 11) is 0. The molecule has 0 spiro atoms. The van der Waals surface area contributed by atoms with E-state index in [0.717, 1.165) is 5.56 Å². The van der Waals surface area contributed by atoms with Gasteiger partial charge >= 0.3 is 5.97 Å². The normalized spacial score (nSPS) is 10.3. The van der Waals surface area contributed by atoms with E-state index in [1.54, 1.807) is 12.1 Å². The van der Waals surface area contributed by atoms with E-state index in [4.69, 9.17) is 15.4 Å². The van der Waals surface area contributed by atoms with E-state index >= 15 is 0 Å². The van der Waals surface area contributed by atoms with E-state index in [1.165, 1.54) is 0 Å². The van der Waals surface area contributed by atoms with Gasteiger partial charge < -0.3 is 15.4 Å². The average Bonchev–Trinajstić information content (AvgIpc) is 2.78. The Morgan fingerprint density at radius 1 is 1.38 bits per heavy atom. The van der Waals surface area contributed by atoms with Gasteiger partial charge in [0.1, 0.15) is 0 Å². The first-order valence-electron chi connectivity index (χ1n) is 4.57. The van der Waals surface area contributed by atoms with Crippen molar-refractivity contribution in [2.45, 2.75) is 6.54 Å². The fraction of sp³-hybridized carbons (Fsp3) is 0.100. The SMILES string of the molecule is NCc1ccc(-c2nc(C(=O)O)no2)cc1. The van der Waals surface area contributed by atoms with Crippen molar-refractivity contribution in [2.75, 3.05) is 0 Å². The monoisotopic (exact) mass is 219 g/mol. The molecule has 0 radical (unpaired) electrons. The molecule has 0 fully saturated rings. The highest BCUT2D eigenvalue weighted by molar-refractivity contribution is 5.83. The Bertz CT molecular complexity index is 504. The zero-order valence-corrected chi connectivity index (χ0v) is 8.25. The van der Waals surface area contributed by atoms with E-state index in [0.29, 0.717) is 12.1 Å². The molecule has 2 aromatic rings. The van der Waals surface area contributed by atoms with Gasteiger partial charge in [-0.05, 0) is 22.9 Å². The van der Waals surface area contributed by atoms with Gasteiger partial charge in [0.05, 0.1) is 0 Å². The average molecular weight is 219 g/mol. The molecule has 82 valence electrons. The van der Waals surface area contributed by atoms with E-state index in [2.05, 4.69) is 10.1 Å². The first kappa shape index (κ1) is 10.3. The summed E-state index contributed by atoms with van der Waals surface area (Å²) < 4.78 is 4.81. The third kappa shape index (κ3) is 1.91. The van der Waals surface area contributed by atoms with Crippen LogP contribution in [0.15, 0.2) is 28.8 Å². The second kappa shape index (κ2) is 4.11. The lowest BCUT2D eigenvalue weighted by Gasteiger charge is -1.96. The summed E-state index contributed by atoms with van der Waals surface area (Å²) in [6.45, 7) is 0.449. The standard InChI is InChI=1S/C10H9N3O3/c11-5-6-1-3-7(4-2-6)9-12-8(10(14)15)13-16-9/h1-4H,5,11H2,(H,14,15). The molecule has 0 amide bonds. The van der Waals surface area contributed by atoms with Gasteiger partial charge in [0.25, 0.3) is 11.7 Å². The van der Waals surface area contributed by atoms with Crippen LogP contribution < -0.4 is 5.73 Å². The molecule has 1 heterocycles. The van der Waals surface area contributed by atoms with Gasteiger partial charge in [0.15, 0.2) is 0 Å². The van der Waals surface area contributed by atoms with Crippen LogP contribution in [0.2, 0.25) is 0 Å². The Kier molecular flexibility index (Phi) is 2.65. The maximum Gasteiger partial charge on any atom is 0.377 e. The number of carbonyl (C=O) groups is 1. The van der Waals surface area contributed by atoms with Crippen LogP contribution in [0.5, 0.6) is 0 Å². The molecule has 3 N–H and O–H groups in total. The van der Waals surface area contributed by atoms with Crippen molar-refractivity contribution in [1.82, 2.24) is 10.1 Å². The van der Waals surface area contributed by atoms with Crippen LogP contribution in [-0.4, -0.2) is 21.2 Å². The molecule has 0 bridgehead atoms. The topological polar surface area (TPSA) is 102 Å². The fourth-order valence-electron chi connectivity index (χ4n) is 1.21. The highest BCUT2D eigenvalue weighted by Crippen LogP contribution is 2.17. The van der Waals surface area contributed by atoms with Gasteiger partial charge in [-0.1, -0.05) is 12.1 Å². The first-order valence-corrected chi connectivity index (χ1v) is 4.57. The zero-order valence-electron chi connectivity index (χ0n) is 8.25. The van der Waals surface area contributed by atoms with Crippen LogP contribution in [-0.2, 0) is 6.54 Å². The molecule has 6 nitrogen and oxygen atoms in total. The molecule has 16 heavy (non-hydrogen) atoms. The Balaban J connectivity index is 2.31. The molecule has 0 aliphatic heterocycles. The third-order valence-electron chi connectivity index (χ3n) is 2.05. The molecule has 2 rings (SSSR count). The quantitative estimate of drug-likeness (QED) is 0.794. The predicted octanol–water partition coefficient (Wildman–Crippen LogP) is 0.893. The summed E-state index contributed by atoms with van der Waals surface area (Å²) in [4.78, 5) is 14.3. The molecule has 6 heteroatoms. The first-order chi connectivity index (χ1) is 7.70. The minimum Gasteiger partial charge on any atom is -0.475 e. The van der Waals surface area contributed by atoms with Crippen LogP contribution in [0.1, 0.15) is 16.2 Å². The minimum atomic E-state index is -1.21. The van der Waals surface area contributed by atoms with Crippen molar-refractivity contribution in [3.8, 4) is 11.5 Å². The molecule has 0 aliphatic rings. The Hall–Kier alpha value is -2.21. The minimum absolute atomic E-state index is 0.181. The van der Waals surface area contributed by atoms with Crippen LogP contribution in [0.25, 0.3) is 11.5 Å². The molecule has 0 saturated carbocycles. The van der Waals surface area contributed by atoms with Gasteiger partial charge in [-0.2, -0.15) is 4.98 Å².